The van der Waals surface area contributed by atoms with E-state index in [0.29, 0.717) is 5.92 Å². The van der Waals surface area contributed by atoms with E-state index >= 15 is 0 Å². The van der Waals surface area contributed by atoms with Gasteiger partial charge in [0.15, 0.2) is 0 Å². The summed E-state index contributed by atoms with van der Waals surface area (Å²) in [5, 5.41) is 8.88. The van der Waals surface area contributed by atoms with Gasteiger partial charge in [-0.25, -0.2) is 0 Å². The lowest BCUT2D eigenvalue weighted by Crippen LogP contribution is -2.48. The van der Waals surface area contributed by atoms with Crippen LogP contribution in [-0.4, -0.2) is 40.6 Å². The van der Waals surface area contributed by atoms with E-state index in [1.54, 1.807) is 0 Å². The molecular weight excluding hydrogens is 204 g/mol. The Morgan fingerprint density at radius 1 is 1.44 bits per heavy atom. The third kappa shape index (κ3) is 5.47. The second-order valence-electron chi connectivity index (χ2n) is 5.49. The number of nitrogens with zero attached hydrogens (tertiary/aromatic N) is 1. The first-order chi connectivity index (χ1) is 7.18. The maximum atomic E-state index is 10.8. The average Bonchev–Trinajstić information content (AvgIpc) is 2.13. The second kappa shape index (κ2) is 6.21. The lowest BCUT2D eigenvalue weighted by molar-refractivity contribution is -0.140. The van der Waals surface area contributed by atoms with Crippen molar-refractivity contribution in [2.45, 2.75) is 52.6 Å². The van der Waals surface area contributed by atoms with Crippen LogP contribution in [0.3, 0.4) is 0 Å². The third-order valence-electron chi connectivity index (χ3n) is 2.99. The molecule has 0 rings (SSSR count). The molecule has 0 aliphatic heterocycles. The molecule has 2 atom stereocenters. The van der Waals surface area contributed by atoms with Gasteiger partial charge in [0, 0.05) is 18.1 Å². The second-order valence-corrected chi connectivity index (χ2v) is 5.49. The molecule has 4 nitrogen and oxygen atoms in total. The zero-order chi connectivity index (χ0) is 12.9. The molecule has 0 spiro atoms. The molecule has 0 saturated carbocycles. The number of aliphatic carboxylic acids is 1. The smallest absolute Gasteiger partial charge is 0.317 e. The number of hydrogen-bond acceptors (Lipinski definition) is 3. The normalized spacial score (nSPS) is 16.2. The summed E-state index contributed by atoms with van der Waals surface area (Å²) in [4.78, 5) is 12.8. The molecule has 0 saturated heterocycles. The minimum Gasteiger partial charge on any atom is -0.480 e. The van der Waals surface area contributed by atoms with Crippen molar-refractivity contribution in [3.8, 4) is 0 Å². The lowest BCUT2D eigenvalue weighted by Gasteiger charge is -2.37. The zero-order valence-corrected chi connectivity index (χ0v) is 11.2. The molecule has 4 heteroatoms. The van der Waals surface area contributed by atoms with Gasteiger partial charge < -0.3 is 10.8 Å². The maximum absolute atomic E-state index is 10.8. The maximum Gasteiger partial charge on any atom is 0.317 e. The Hall–Kier alpha value is -0.610. The van der Waals surface area contributed by atoms with Gasteiger partial charge in [0.2, 0.25) is 0 Å². The van der Waals surface area contributed by atoms with Crippen LogP contribution in [0.4, 0.5) is 0 Å². The third-order valence-corrected chi connectivity index (χ3v) is 2.99. The summed E-state index contributed by atoms with van der Waals surface area (Å²) in [6.07, 6.45) is 0.923. The summed E-state index contributed by atoms with van der Waals surface area (Å²) in [7, 11) is 0. The van der Waals surface area contributed by atoms with Gasteiger partial charge in [-0.3, -0.25) is 9.69 Å². The number of nitrogens with two attached hydrogens (primary N) is 1. The van der Waals surface area contributed by atoms with Crippen molar-refractivity contribution in [3.63, 3.8) is 0 Å². The number of carboxylic acids is 1. The van der Waals surface area contributed by atoms with Gasteiger partial charge in [-0.1, -0.05) is 13.8 Å². The largest absolute Gasteiger partial charge is 0.480 e. The Morgan fingerprint density at radius 3 is 2.25 bits per heavy atom. The fraction of sp³-hybridized carbons (Fsp3) is 0.917. The van der Waals surface area contributed by atoms with Crippen LogP contribution in [0.5, 0.6) is 0 Å². The van der Waals surface area contributed by atoms with Crippen molar-refractivity contribution in [2.24, 2.45) is 11.7 Å². The van der Waals surface area contributed by atoms with E-state index in [0.717, 1.165) is 13.0 Å². The molecule has 0 amide bonds. The first-order valence-electron chi connectivity index (χ1n) is 5.90. The van der Waals surface area contributed by atoms with E-state index < -0.39 is 5.97 Å². The highest BCUT2D eigenvalue weighted by atomic mass is 16.4. The molecule has 0 fully saturated rings. The quantitative estimate of drug-likeness (QED) is 0.726. The van der Waals surface area contributed by atoms with Gasteiger partial charge in [0.05, 0.1) is 6.54 Å². The Bertz CT molecular complexity index is 224. The van der Waals surface area contributed by atoms with Crippen LogP contribution in [0.25, 0.3) is 0 Å². The molecule has 2 unspecified atom stereocenters. The van der Waals surface area contributed by atoms with Crippen LogP contribution in [0.15, 0.2) is 0 Å². The number of carboxylic acid groups (broad SMARTS) is 1. The van der Waals surface area contributed by atoms with E-state index in [1.165, 1.54) is 0 Å². The summed E-state index contributed by atoms with van der Waals surface area (Å²) in [5.74, 6) is -0.476. The minimum absolute atomic E-state index is 0.0737. The highest BCUT2D eigenvalue weighted by Gasteiger charge is 2.26. The first kappa shape index (κ1) is 15.4. The van der Waals surface area contributed by atoms with E-state index in [2.05, 4.69) is 13.8 Å². The van der Waals surface area contributed by atoms with Gasteiger partial charge in [0.1, 0.15) is 0 Å². The Labute approximate surface area is 98.8 Å². The fourth-order valence-corrected chi connectivity index (χ4v) is 1.62. The lowest BCUT2D eigenvalue weighted by atomic mass is 9.97. The molecule has 0 aliphatic rings. The van der Waals surface area contributed by atoms with Gasteiger partial charge in [-0.15, -0.1) is 0 Å². The first-order valence-corrected chi connectivity index (χ1v) is 5.90. The van der Waals surface area contributed by atoms with Gasteiger partial charge in [-0.2, -0.15) is 0 Å². The van der Waals surface area contributed by atoms with E-state index in [-0.39, 0.29) is 18.1 Å². The van der Waals surface area contributed by atoms with Gasteiger partial charge in [0.25, 0.3) is 0 Å². The predicted molar refractivity (Wildman–Crippen MR) is 66.4 cm³/mol. The Kier molecular flexibility index (Phi) is 5.97. The van der Waals surface area contributed by atoms with Crippen molar-refractivity contribution in [1.82, 2.24) is 4.90 Å². The van der Waals surface area contributed by atoms with Crippen LogP contribution in [0, 0.1) is 5.92 Å². The molecule has 16 heavy (non-hydrogen) atoms. The molecule has 0 aliphatic carbocycles. The molecule has 0 aromatic heterocycles. The van der Waals surface area contributed by atoms with Gasteiger partial charge >= 0.3 is 5.97 Å². The molecule has 3 N–H and O–H groups in total. The monoisotopic (exact) mass is 230 g/mol. The molecule has 0 heterocycles. The molecule has 0 radical (unpaired) electrons. The van der Waals surface area contributed by atoms with Crippen molar-refractivity contribution in [3.05, 3.63) is 0 Å². The molecule has 96 valence electrons. The Morgan fingerprint density at radius 2 is 1.94 bits per heavy atom. The van der Waals surface area contributed by atoms with Crippen molar-refractivity contribution in [1.29, 1.82) is 0 Å². The van der Waals surface area contributed by atoms with Crippen molar-refractivity contribution < 1.29 is 9.90 Å². The topological polar surface area (TPSA) is 66.6 Å². The fourth-order valence-electron chi connectivity index (χ4n) is 1.62. The van der Waals surface area contributed by atoms with E-state index in [1.807, 2.05) is 25.7 Å². The summed E-state index contributed by atoms with van der Waals surface area (Å²) >= 11 is 0. The number of hydrogen-bond donors (Lipinski definition) is 2. The van der Waals surface area contributed by atoms with E-state index in [4.69, 9.17) is 10.8 Å². The number of carbonyl (C=O) groups is 1. The summed E-state index contributed by atoms with van der Waals surface area (Å²) < 4.78 is 0. The number of rotatable bonds is 6. The standard InChI is InChI=1S/C12H26N2O2/c1-6-10(13)9(2)7-14(8-11(15)16)12(3,4)5/h9-10H,6-8,13H2,1-5H3,(H,15,16). The molecule has 0 aromatic carbocycles. The van der Waals surface area contributed by atoms with Crippen LogP contribution >= 0.6 is 0 Å². The zero-order valence-electron chi connectivity index (χ0n) is 11.2. The highest BCUT2D eigenvalue weighted by Crippen LogP contribution is 2.17. The summed E-state index contributed by atoms with van der Waals surface area (Å²) in [6.45, 7) is 11.0. The van der Waals surface area contributed by atoms with E-state index in [9.17, 15) is 4.79 Å². The molecular formula is C12H26N2O2. The summed E-state index contributed by atoms with van der Waals surface area (Å²) in [5.41, 5.74) is 5.83. The molecule has 0 aromatic rings. The molecule has 0 bridgehead atoms. The van der Waals surface area contributed by atoms with Crippen LogP contribution in [-0.2, 0) is 4.79 Å². The average molecular weight is 230 g/mol. The van der Waals surface area contributed by atoms with Crippen LogP contribution < -0.4 is 5.73 Å². The van der Waals surface area contributed by atoms with Gasteiger partial charge in [-0.05, 0) is 33.1 Å². The predicted octanol–water partition coefficient (Wildman–Crippen LogP) is 1.54. The Balaban J connectivity index is 4.49. The van der Waals surface area contributed by atoms with Crippen LogP contribution in [0.2, 0.25) is 0 Å². The summed E-state index contributed by atoms with van der Waals surface area (Å²) in [6, 6.07) is 0.138. The van der Waals surface area contributed by atoms with Crippen molar-refractivity contribution in [2.75, 3.05) is 13.1 Å². The van der Waals surface area contributed by atoms with Crippen molar-refractivity contribution >= 4 is 5.97 Å². The SMILES string of the molecule is CCC(N)C(C)CN(CC(=O)O)C(C)(C)C. The minimum atomic E-state index is -0.785. The van der Waals surface area contributed by atoms with Crippen LogP contribution in [0.1, 0.15) is 41.0 Å². The highest BCUT2D eigenvalue weighted by molar-refractivity contribution is 5.69.